The number of rotatable bonds is 1. The van der Waals surface area contributed by atoms with Crippen LogP contribution in [-0.4, -0.2) is 30.5 Å². The fourth-order valence-electron chi connectivity index (χ4n) is 3.54. The van der Waals surface area contributed by atoms with E-state index in [0.29, 0.717) is 6.61 Å². The van der Waals surface area contributed by atoms with Crippen molar-refractivity contribution in [1.29, 1.82) is 0 Å². The third-order valence-corrected chi connectivity index (χ3v) is 4.99. The third kappa shape index (κ3) is 0.823. The van der Waals surface area contributed by atoms with Gasteiger partial charge in [-0.15, -0.1) is 0 Å². The third-order valence-electron chi connectivity index (χ3n) is 4.34. The summed E-state index contributed by atoms with van der Waals surface area (Å²) < 4.78 is 10.7. The van der Waals surface area contributed by atoms with Gasteiger partial charge < -0.3 is 9.47 Å². The summed E-state index contributed by atoms with van der Waals surface area (Å²) >= 11 is 4.58. The number of ether oxygens (including phenoxy) is 2. The zero-order valence-electron chi connectivity index (χ0n) is 8.16. The zero-order valence-corrected chi connectivity index (χ0v) is 9.05. The molecule has 0 N–H and O–H groups in total. The first-order valence-electron chi connectivity index (χ1n) is 5.02. The van der Waals surface area contributed by atoms with E-state index >= 15 is 0 Å². The largest absolute Gasteiger partial charge is 0.465 e. The van der Waals surface area contributed by atoms with Gasteiger partial charge in [-0.3, -0.25) is 4.79 Å². The van der Waals surface area contributed by atoms with Crippen LogP contribution in [-0.2, 0) is 14.3 Å². The topological polar surface area (TPSA) is 35.5 Å². The summed E-state index contributed by atoms with van der Waals surface area (Å²) in [4.78, 5) is 11.5. The van der Waals surface area contributed by atoms with Crippen molar-refractivity contribution in [3.63, 3.8) is 0 Å². The Balaban J connectivity index is 2.00. The average Bonchev–Trinajstić information content (AvgIpc) is 2.73. The van der Waals surface area contributed by atoms with Crippen molar-refractivity contribution in [2.75, 3.05) is 13.7 Å². The molecule has 3 nitrogen and oxygen atoms in total. The van der Waals surface area contributed by atoms with E-state index in [0.717, 1.165) is 19.3 Å². The van der Waals surface area contributed by atoms with E-state index in [1.54, 1.807) is 7.11 Å². The van der Waals surface area contributed by atoms with E-state index in [1.165, 1.54) is 0 Å². The van der Waals surface area contributed by atoms with Crippen LogP contribution in [0.25, 0.3) is 0 Å². The van der Waals surface area contributed by atoms with Gasteiger partial charge in [0.2, 0.25) is 0 Å². The van der Waals surface area contributed by atoms with Crippen LogP contribution in [0.15, 0.2) is 0 Å². The lowest BCUT2D eigenvalue weighted by atomic mass is 9.77. The predicted molar refractivity (Wildman–Crippen MR) is 53.2 cm³/mol. The summed E-state index contributed by atoms with van der Waals surface area (Å²) in [6.07, 6.45) is 2.71. The van der Waals surface area contributed by atoms with Gasteiger partial charge in [-0.1, -0.05) is 0 Å². The Bertz CT molecular complexity index is 306. The van der Waals surface area contributed by atoms with Gasteiger partial charge in [0.1, 0.15) is 0 Å². The maximum Gasteiger partial charge on any atom is 0.309 e. The fourth-order valence-corrected chi connectivity index (χ4v) is 4.21. The number of esters is 1. The van der Waals surface area contributed by atoms with Crippen LogP contribution in [0.1, 0.15) is 19.3 Å². The van der Waals surface area contributed by atoms with Crippen molar-refractivity contribution < 1.29 is 14.3 Å². The van der Waals surface area contributed by atoms with Gasteiger partial charge in [0.15, 0.2) is 0 Å². The van der Waals surface area contributed by atoms with Gasteiger partial charge in [-0.05, 0) is 19.3 Å². The Labute approximate surface area is 88.5 Å². The first-order chi connectivity index (χ1) is 6.62. The number of fused-ring (bicyclic) bond motifs is 1. The molecule has 1 spiro atoms. The fraction of sp³-hybridized carbons (Fsp3) is 0.900. The van der Waals surface area contributed by atoms with E-state index in [9.17, 15) is 4.79 Å². The van der Waals surface area contributed by atoms with E-state index in [4.69, 9.17) is 9.47 Å². The molecule has 4 unspecified atom stereocenters. The number of methoxy groups -OCH3 is 1. The quantitative estimate of drug-likeness (QED) is 0.523. The zero-order chi connectivity index (χ0) is 9.97. The second-order valence-electron chi connectivity index (χ2n) is 4.89. The molecule has 0 aromatic heterocycles. The Morgan fingerprint density at radius 1 is 1.57 bits per heavy atom. The molecular formula is C10H14O3S. The predicted octanol–water partition coefficient (Wildman–Crippen LogP) is 1.03. The Morgan fingerprint density at radius 3 is 3.07 bits per heavy atom. The molecule has 1 saturated heterocycles. The Hall–Kier alpha value is -0.220. The van der Waals surface area contributed by atoms with Crippen molar-refractivity contribution in [3.8, 4) is 0 Å². The van der Waals surface area contributed by atoms with E-state index in [-0.39, 0.29) is 28.2 Å². The molecule has 0 aromatic carbocycles. The lowest BCUT2D eigenvalue weighted by Gasteiger charge is -2.32. The summed E-state index contributed by atoms with van der Waals surface area (Å²) in [5, 5.41) is 0.262. The van der Waals surface area contributed by atoms with Crippen molar-refractivity contribution in [2.45, 2.75) is 30.1 Å². The van der Waals surface area contributed by atoms with Gasteiger partial charge in [0.05, 0.1) is 18.1 Å². The number of thiol groups is 1. The highest BCUT2D eigenvalue weighted by Gasteiger charge is 2.69. The lowest BCUT2D eigenvalue weighted by molar-refractivity contribution is -0.143. The van der Waals surface area contributed by atoms with Gasteiger partial charge in [0.25, 0.3) is 0 Å². The first-order valence-corrected chi connectivity index (χ1v) is 5.53. The van der Waals surface area contributed by atoms with Crippen LogP contribution in [0.4, 0.5) is 0 Å². The minimum atomic E-state index is -0.160. The van der Waals surface area contributed by atoms with Crippen LogP contribution in [0, 0.1) is 11.3 Å². The number of hydrogen-bond acceptors (Lipinski definition) is 4. The van der Waals surface area contributed by atoms with Crippen molar-refractivity contribution in [2.24, 2.45) is 11.3 Å². The first kappa shape index (κ1) is 9.04. The molecule has 2 bridgehead atoms. The number of hydrogen-bond donors (Lipinski definition) is 1. The Kier molecular flexibility index (Phi) is 1.60. The summed E-state index contributed by atoms with van der Waals surface area (Å²) in [5.41, 5.74) is -0.104. The summed E-state index contributed by atoms with van der Waals surface area (Å²) in [5.74, 6) is 0.0509. The molecule has 2 aliphatic carbocycles. The highest BCUT2D eigenvalue weighted by molar-refractivity contribution is 7.81. The number of carbonyl (C=O) groups excluding carboxylic acids is 1. The molecule has 1 heterocycles. The van der Waals surface area contributed by atoms with Gasteiger partial charge in [0, 0.05) is 17.8 Å². The maximum atomic E-state index is 11.5. The molecular weight excluding hydrogens is 200 g/mol. The summed E-state index contributed by atoms with van der Waals surface area (Å²) in [7, 11) is 1.73. The SMILES string of the molecule is COC12CC3C(=O)OCC3(CC1S)C2. The normalized spacial score (nSPS) is 54.9. The van der Waals surface area contributed by atoms with E-state index < -0.39 is 0 Å². The molecule has 78 valence electrons. The summed E-state index contributed by atoms with van der Waals surface area (Å²) in [6.45, 7) is 0.582. The smallest absolute Gasteiger partial charge is 0.309 e. The van der Waals surface area contributed by atoms with Gasteiger partial charge in [-0.25, -0.2) is 0 Å². The molecule has 14 heavy (non-hydrogen) atoms. The second kappa shape index (κ2) is 2.47. The van der Waals surface area contributed by atoms with E-state index in [2.05, 4.69) is 12.6 Å². The molecule has 0 aromatic rings. The Morgan fingerprint density at radius 2 is 2.36 bits per heavy atom. The number of carbonyl (C=O) groups is 1. The van der Waals surface area contributed by atoms with Crippen LogP contribution in [0.5, 0.6) is 0 Å². The maximum absolute atomic E-state index is 11.5. The van der Waals surface area contributed by atoms with Crippen LogP contribution in [0.2, 0.25) is 0 Å². The van der Waals surface area contributed by atoms with E-state index in [1.807, 2.05) is 0 Å². The van der Waals surface area contributed by atoms with Crippen molar-refractivity contribution >= 4 is 18.6 Å². The molecule has 3 aliphatic rings. The molecule has 0 radical (unpaired) electrons. The lowest BCUT2D eigenvalue weighted by Crippen LogP contribution is -2.39. The monoisotopic (exact) mass is 214 g/mol. The second-order valence-corrected chi connectivity index (χ2v) is 5.52. The minimum absolute atomic E-state index is 0.0239. The highest BCUT2D eigenvalue weighted by Crippen LogP contribution is 2.64. The average molecular weight is 214 g/mol. The van der Waals surface area contributed by atoms with Crippen LogP contribution >= 0.6 is 12.6 Å². The molecule has 3 fully saturated rings. The van der Waals surface area contributed by atoms with Gasteiger partial charge in [-0.2, -0.15) is 12.6 Å². The van der Waals surface area contributed by atoms with Crippen LogP contribution < -0.4 is 0 Å². The molecule has 0 amide bonds. The summed E-state index contributed by atoms with van der Waals surface area (Å²) in [6, 6.07) is 0. The molecule has 3 rings (SSSR count). The minimum Gasteiger partial charge on any atom is -0.465 e. The molecule has 1 aliphatic heterocycles. The van der Waals surface area contributed by atoms with Crippen molar-refractivity contribution in [1.82, 2.24) is 0 Å². The number of cyclic esters (lactones) is 1. The standard InChI is InChI=1S/C10H14O3S/c1-12-10-2-6-8(11)13-5-9(6,4-10)3-7(10)14/h6-7,14H,2-5H2,1H3. The van der Waals surface area contributed by atoms with Crippen LogP contribution in [0.3, 0.4) is 0 Å². The molecule has 4 atom stereocenters. The van der Waals surface area contributed by atoms with Gasteiger partial charge >= 0.3 is 5.97 Å². The highest BCUT2D eigenvalue weighted by atomic mass is 32.1. The molecule has 2 saturated carbocycles. The molecule has 4 heteroatoms. The van der Waals surface area contributed by atoms with Crippen molar-refractivity contribution in [3.05, 3.63) is 0 Å².